The minimum Gasteiger partial charge on any atom is -0.497 e. The molecule has 0 radical (unpaired) electrons. The van der Waals surface area contributed by atoms with Crippen LogP contribution in [-0.2, 0) is 0 Å². The molecule has 0 spiro atoms. The summed E-state index contributed by atoms with van der Waals surface area (Å²) in [6.45, 7) is 2.69. The standard InChI is InChI=1S/C21H20BrN5O2/c1-29-18-4-2-15(3-5-18)19-6-7-20(25-24-19)26-8-10-27(11-9-26)21(28)16-12-17(22)14-23-13-16/h2-7,12-14H,8-11H2,1H3. The third-order valence-electron chi connectivity index (χ3n) is 4.88. The Morgan fingerprint density at radius 2 is 1.76 bits per heavy atom. The summed E-state index contributed by atoms with van der Waals surface area (Å²) in [5.41, 5.74) is 2.40. The Labute approximate surface area is 177 Å². The SMILES string of the molecule is COc1ccc(-c2ccc(N3CCN(C(=O)c4cncc(Br)c4)CC3)nn2)cc1. The number of nitrogens with zero attached hydrogens (tertiary/aromatic N) is 5. The largest absolute Gasteiger partial charge is 0.497 e. The van der Waals surface area contributed by atoms with E-state index in [9.17, 15) is 4.79 Å². The summed E-state index contributed by atoms with van der Waals surface area (Å²) in [5, 5.41) is 8.75. The predicted molar refractivity (Wildman–Crippen MR) is 114 cm³/mol. The Morgan fingerprint density at radius 3 is 2.38 bits per heavy atom. The second kappa shape index (κ2) is 8.57. The van der Waals surface area contributed by atoms with Gasteiger partial charge in [0.05, 0.1) is 18.4 Å². The average Bonchev–Trinajstić information content (AvgIpc) is 2.79. The molecule has 2 aromatic heterocycles. The van der Waals surface area contributed by atoms with Gasteiger partial charge < -0.3 is 14.5 Å². The smallest absolute Gasteiger partial charge is 0.255 e. The van der Waals surface area contributed by atoms with Crippen LogP contribution in [0.2, 0.25) is 0 Å². The summed E-state index contributed by atoms with van der Waals surface area (Å²) in [4.78, 5) is 20.7. The van der Waals surface area contributed by atoms with Crippen LogP contribution in [0.15, 0.2) is 59.3 Å². The van der Waals surface area contributed by atoms with Gasteiger partial charge in [0.2, 0.25) is 0 Å². The Kier molecular flexibility index (Phi) is 5.71. The maximum Gasteiger partial charge on any atom is 0.255 e. The molecule has 0 bridgehead atoms. The van der Waals surface area contributed by atoms with Crippen LogP contribution in [0.5, 0.6) is 5.75 Å². The van der Waals surface area contributed by atoms with Crippen molar-refractivity contribution in [2.24, 2.45) is 0 Å². The minimum atomic E-state index is -0.000567. The Morgan fingerprint density at radius 1 is 1.00 bits per heavy atom. The van der Waals surface area contributed by atoms with Crippen LogP contribution in [0.25, 0.3) is 11.3 Å². The van der Waals surface area contributed by atoms with Crippen LogP contribution in [0.3, 0.4) is 0 Å². The van der Waals surface area contributed by atoms with Crippen molar-refractivity contribution >= 4 is 27.7 Å². The molecule has 1 fully saturated rings. The van der Waals surface area contributed by atoms with Gasteiger partial charge >= 0.3 is 0 Å². The summed E-state index contributed by atoms with van der Waals surface area (Å²) in [7, 11) is 1.65. The topological polar surface area (TPSA) is 71.5 Å². The highest BCUT2D eigenvalue weighted by Crippen LogP contribution is 2.22. The van der Waals surface area contributed by atoms with Gasteiger partial charge in [-0.1, -0.05) is 0 Å². The fourth-order valence-corrected chi connectivity index (χ4v) is 3.62. The van der Waals surface area contributed by atoms with E-state index in [1.807, 2.05) is 41.3 Å². The van der Waals surface area contributed by atoms with Crippen molar-refractivity contribution in [3.05, 3.63) is 64.9 Å². The molecule has 7 nitrogen and oxygen atoms in total. The number of methoxy groups -OCH3 is 1. The lowest BCUT2D eigenvalue weighted by Gasteiger charge is -2.35. The highest BCUT2D eigenvalue weighted by atomic mass is 79.9. The Balaban J connectivity index is 1.38. The number of hydrogen-bond donors (Lipinski definition) is 0. The Hall–Kier alpha value is -3.00. The van der Waals surface area contributed by atoms with Gasteiger partial charge in [-0.2, -0.15) is 0 Å². The predicted octanol–water partition coefficient (Wildman–Crippen LogP) is 3.27. The number of piperazine rings is 1. The van der Waals surface area contributed by atoms with Crippen molar-refractivity contribution in [2.45, 2.75) is 0 Å². The molecule has 4 rings (SSSR count). The van der Waals surface area contributed by atoms with E-state index in [2.05, 4.69) is 36.0 Å². The van der Waals surface area contributed by atoms with Crippen LogP contribution >= 0.6 is 15.9 Å². The van der Waals surface area contributed by atoms with E-state index in [0.717, 1.165) is 27.3 Å². The number of amides is 1. The third-order valence-corrected chi connectivity index (χ3v) is 5.31. The fourth-order valence-electron chi connectivity index (χ4n) is 3.26. The molecule has 3 aromatic rings. The molecule has 29 heavy (non-hydrogen) atoms. The molecule has 148 valence electrons. The van der Waals surface area contributed by atoms with Crippen molar-refractivity contribution in [2.75, 3.05) is 38.2 Å². The molecule has 1 aliphatic rings. The number of pyridine rings is 1. The van der Waals surface area contributed by atoms with Gasteiger partial charge in [0.25, 0.3) is 5.91 Å². The zero-order valence-electron chi connectivity index (χ0n) is 16.0. The quantitative estimate of drug-likeness (QED) is 0.603. The van der Waals surface area contributed by atoms with Crippen LogP contribution in [0, 0.1) is 0 Å². The normalized spacial score (nSPS) is 14.0. The summed E-state index contributed by atoms with van der Waals surface area (Å²) in [6, 6.07) is 13.5. The molecule has 1 amide bonds. The van der Waals surface area contributed by atoms with E-state index in [1.165, 1.54) is 0 Å². The van der Waals surface area contributed by atoms with E-state index in [1.54, 1.807) is 25.6 Å². The lowest BCUT2D eigenvalue weighted by molar-refractivity contribution is 0.0746. The van der Waals surface area contributed by atoms with E-state index < -0.39 is 0 Å². The van der Waals surface area contributed by atoms with E-state index in [-0.39, 0.29) is 5.91 Å². The van der Waals surface area contributed by atoms with Gasteiger partial charge in [-0.25, -0.2) is 0 Å². The summed E-state index contributed by atoms with van der Waals surface area (Å²) < 4.78 is 5.99. The first-order valence-electron chi connectivity index (χ1n) is 9.27. The monoisotopic (exact) mass is 453 g/mol. The van der Waals surface area contributed by atoms with Gasteiger partial charge in [-0.05, 0) is 58.4 Å². The first-order valence-corrected chi connectivity index (χ1v) is 10.1. The fraction of sp³-hybridized carbons (Fsp3) is 0.238. The molecule has 0 atom stereocenters. The second-order valence-electron chi connectivity index (χ2n) is 6.68. The number of anilines is 1. The average molecular weight is 454 g/mol. The van der Waals surface area contributed by atoms with Gasteiger partial charge in [0.1, 0.15) is 5.75 Å². The maximum atomic E-state index is 12.7. The lowest BCUT2D eigenvalue weighted by Crippen LogP contribution is -2.49. The number of rotatable bonds is 4. The number of halogens is 1. The molecule has 0 N–H and O–H groups in total. The van der Waals surface area contributed by atoms with Crippen LogP contribution in [0.4, 0.5) is 5.82 Å². The van der Waals surface area contributed by atoms with Gasteiger partial charge in [0.15, 0.2) is 5.82 Å². The van der Waals surface area contributed by atoms with Crippen molar-refractivity contribution < 1.29 is 9.53 Å². The highest BCUT2D eigenvalue weighted by molar-refractivity contribution is 9.10. The van der Waals surface area contributed by atoms with Gasteiger partial charge in [-0.15, -0.1) is 10.2 Å². The van der Waals surface area contributed by atoms with Crippen molar-refractivity contribution in [1.82, 2.24) is 20.1 Å². The molecule has 1 saturated heterocycles. The van der Waals surface area contributed by atoms with E-state index in [4.69, 9.17) is 4.74 Å². The van der Waals surface area contributed by atoms with E-state index in [0.29, 0.717) is 31.7 Å². The second-order valence-corrected chi connectivity index (χ2v) is 7.59. The molecule has 8 heteroatoms. The molecule has 0 aliphatic carbocycles. The number of carbonyl (C=O) groups is 1. The van der Waals surface area contributed by atoms with Gasteiger partial charge in [-0.3, -0.25) is 9.78 Å². The van der Waals surface area contributed by atoms with Crippen LogP contribution in [0.1, 0.15) is 10.4 Å². The molecule has 0 unspecified atom stereocenters. The number of aromatic nitrogens is 3. The first kappa shape index (κ1) is 19.3. The van der Waals surface area contributed by atoms with Crippen molar-refractivity contribution in [1.29, 1.82) is 0 Å². The molecule has 1 aromatic carbocycles. The molecule has 3 heterocycles. The van der Waals surface area contributed by atoms with Crippen molar-refractivity contribution in [3.63, 3.8) is 0 Å². The number of hydrogen-bond acceptors (Lipinski definition) is 6. The summed E-state index contributed by atoms with van der Waals surface area (Å²) in [6.07, 6.45) is 3.27. The number of benzene rings is 1. The summed E-state index contributed by atoms with van der Waals surface area (Å²) >= 11 is 3.36. The van der Waals surface area contributed by atoms with Crippen molar-refractivity contribution in [3.8, 4) is 17.0 Å². The zero-order chi connectivity index (χ0) is 20.2. The molecular weight excluding hydrogens is 434 g/mol. The minimum absolute atomic E-state index is 0.000567. The maximum absolute atomic E-state index is 12.7. The van der Waals surface area contributed by atoms with Crippen LogP contribution < -0.4 is 9.64 Å². The zero-order valence-corrected chi connectivity index (χ0v) is 17.5. The molecule has 1 aliphatic heterocycles. The molecular formula is C21H20BrN5O2. The van der Waals surface area contributed by atoms with Crippen LogP contribution in [-0.4, -0.2) is 59.3 Å². The van der Waals surface area contributed by atoms with Gasteiger partial charge in [0, 0.05) is 48.6 Å². The highest BCUT2D eigenvalue weighted by Gasteiger charge is 2.23. The molecule has 0 saturated carbocycles. The Bertz CT molecular complexity index is 987. The lowest BCUT2D eigenvalue weighted by atomic mass is 10.1. The first-order chi connectivity index (χ1) is 14.1. The van der Waals surface area contributed by atoms with E-state index >= 15 is 0 Å². The third kappa shape index (κ3) is 4.37. The number of carbonyl (C=O) groups excluding carboxylic acids is 1. The summed E-state index contributed by atoms with van der Waals surface area (Å²) in [5.74, 6) is 1.63. The number of ether oxygens (including phenoxy) is 1.